The van der Waals surface area contributed by atoms with Crippen LogP contribution in [0.25, 0.3) is 0 Å². The molecule has 0 aliphatic rings. The van der Waals surface area contributed by atoms with Gasteiger partial charge in [0.15, 0.2) is 0 Å². The van der Waals surface area contributed by atoms with Crippen LogP contribution in [0.1, 0.15) is 26.3 Å². The summed E-state index contributed by atoms with van der Waals surface area (Å²) < 4.78 is 32.8. The number of ether oxygens (including phenoxy) is 1. The van der Waals surface area contributed by atoms with Crippen LogP contribution in [0, 0.1) is 0 Å². The normalized spacial score (nSPS) is 12.5. The molecule has 7 nitrogen and oxygen atoms in total. The van der Waals surface area contributed by atoms with Crippen molar-refractivity contribution < 1.29 is 23.4 Å². The second kappa shape index (κ2) is 15.7. The summed E-state index contributed by atoms with van der Waals surface area (Å²) in [4.78, 5) is 0.0943. The second-order valence-electron chi connectivity index (χ2n) is 7.01. The van der Waals surface area contributed by atoms with Gasteiger partial charge >= 0.3 is 0 Å². The Balaban J connectivity index is 0.00000281. The fraction of sp³-hybridized carbons (Fsp3) is 0.308. The molecule has 0 spiro atoms. The van der Waals surface area contributed by atoms with Crippen molar-refractivity contribution in [3.05, 3.63) is 89.9 Å². The van der Waals surface area contributed by atoms with Gasteiger partial charge in [-0.2, -0.15) is 0 Å². The zero-order chi connectivity index (χ0) is 25.4. The predicted octanol–water partition coefficient (Wildman–Crippen LogP) is 4.38. The molecule has 186 valence electrons. The van der Waals surface area contributed by atoms with Gasteiger partial charge < -0.3 is 20.3 Å². The highest BCUT2D eigenvalue weighted by Gasteiger charge is 2.14. The van der Waals surface area contributed by atoms with Crippen molar-refractivity contribution in [3.8, 4) is 11.5 Å². The number of aliphatic hydroxyl groups is 1. The van der Waals surface area contributed by atoms with Gasteiger partial charge in [0.2, 0.25) is 0 Å². The molecule has 0 heterocycles. The summed E-state index contributed by atoms with van der Waals surface area (Å²) in [6.07, 6.45) is 6.21. The van der Waals surface area contributed by atoms with E-state index in [2.05, 4.69) is 16.6 Å². The monoisotopic (exact) mass is 488 g/mol. The van der Waals surface area contributed by atoms with E-state index in [4.69, 9.17) is 4.74 Å². The Hall–Kier alpha value is -3.07. The third kappa shape index (κ3) is 10.7. The summed E-state index contributed by atoms with van der Waals surface area (Å²) in [6.45, 7) is 10.5. The van der Waals surface area contributed by atoms with E-state index in [9.17, 15) is 18.6 Å². The van der Waals surface area contributed by atoms with E-state index in [0.717, 1.165) is 12.0 Å². The third-order valence-electron chi connectivity index (χ3n) is 4.42. The summed E-state index contributed by atoms with van der Waals surface area (Å²) in [5.74, 6) is 0.739. The molecular formula is C26H36N2O5S. The van der Waals surface area contributed by atoms with Crippen molar-refractivity contribution in [3.63, 3.8) is 0 Å². The van der Waals surface area contributed by atoms with Crippen LogP contribution in [0.2, 0.25) is 0 Å². The molecule has 0 fully saturated rings. The lowest BCUT2D eigenvalue weighted by Crippen LogP contribution is -2.32. The summed E-state index contributed by atoms with van der Waals surface area (Å²) >= 11 is 0. The van der Waals surface area contributed by atoms with Crippen molar-refractivity contribution in [2.24, 2.45) is 0 Å². The minimum Gasteiger partial charge on any atom is -0.508 e. The van der Waals surface area contributed by atoms with Crippen molar-refractivity contribution in [1.29, 1.82) is 0 Å². The third-order valence-corrected chi connectivity index (χ3v) is 5.85. The highest BCUT2D eigenvalue weighted by molar-refractivity contribution is 7.96. The smallest absolute Gasteiger partial charge is 0.261 e. The van der Waals surface area contributed by atoms with Crippen LogP contribution in [0.4, 0.5) is 5.69 Å². The number of nitrogens with one attached hydrogen (secondary N) is 2. The van der Waals surface area contributed by atoms with Gasteiger partial charge in [0, 0.05) is 12.2 Å². The Morgan fingerprint density at radius 2 is 1.76 bits per heavy atom. The second-order valence-corrected chi connectivity index (χ2v) is 8.70. The zero-order valence-electron chi connectivity index (χ0n) is 20.1. The summed E-state index contributed by atoms with van der Waals surface area (Å²) in [6, 6.07) is 13.4. The molecule has 0 amide bonds. The van der Waals surface area contributed by atoms with E-state index < -0.39 is 16.1 Å². The number of hydrogen-bond donors (Lipinski definition) is 4. The van der Waals surface area contributed by atoms with Crippen LogP contribution in [0.5, 0.6) is 11.5 Å². The number of hydrogen-bond acceptors (Lipinski definition) is 6. The Morgan fingerprint density at radius 3 is 2.35 bits per heavy atom. The quantitative estimate of drug-likeness (QED) is 0.246. The average Bonchev–Trinajstić information content (AvgIpc) is 2.84. The highest BCUT2D eigenvalue weighted by atomic mass is 32.2. The number of phenolic OH excluding ortho intramolecular Hbond substituents is 1. The molecular weight excluding hydrogens is 452 g/mol. The molecule has 34 heavy (non-hydrogen) atoms. The van der Waals surface area contributed by atoms with Gasteiger partial charge in [0.05, 0.1) is 4.91 Å². The van der Waals surface area contributed by atoms with Crippen LogP contribution in [-0.2, 0) is 16.4 Å². The molecule has 0 aliphatic carbocycles. The average molecular weight is 489 g/mol. The summed E-state index contributed by atoms with van der Waals surface area (Å²) in [5, 5.41) is 22.4. The summed E-state index contributed by atoms with van der Waals surface area (Å²) in [7, 11) is -3.69. The number of allylic oxidation sites excluding steroid dienone is 4. The SMILES string of the molecule is C=C/C(=C\C=C/C)S(=O)(=O)Nc1ccc(CCNC[C@H](O)COc2ccc(O)cc2)cc1.CC. The van der Waals surface area contributed by atoms with Gasteiger partial charge in [-0.05, 0) is 74.0 Å². The zero-order valence-corrected chi connectivity index (χ0v) is 20.9. The van der Waals surface area contributed by atoms with E-state index in [-0.39, 0.29) is 17.3 Å². The molecule has 2 rings (SSSR count). The highest BCUT2D eigenvalue weighted by Crippen LogP contribution is 2.17. The lowest BCUT2D eigenvalue weighted by Gasteiger charge is -2.13. The first kappa shape index (κ1) is 29.0. The molecule has 0 saturated carbocycles. The topological polar surface area (TPSA) is 108 Å². The van der Waals surface area contributed by atoms with E-state index in [0.29, 0.717) is 24.5 Å². The molecule has 0 aliphatic heterocycles. The fourth-order valence-corrected chi connectivity index (χ4v) is 3.75. The molecule has 2 aromatic rings. The molecule has 0 bridgehead atoms. The summed E-state index contributed by atoms with van der Waals surface area (Å²) in [5.41, 5.74) is 1.50. The van der Waals surface area contributed by atoms with Crippen molar-refractivity contribution in [2.45, 2.75) is 33.3 Å². The Bertz CT molecular complexity index is 1010. The largest absolute Gasteiger partial charge is 0.508 e. The van der Waals surface area contributed by atoms with E-state index in [1.807, 2.05) is 26.0 Å². The predicted molar refractivity (Wildman–Crippen MR) is 140 cm³/mol. The van der Waals surface area contributed by atoms with Gasteiger partial charge in [-0.3, -0.25) is 4.72 Å². The number of aromatic hydroxyl groups is 1. The van der Waals surface area contributed by atoms with Crippen LogP contribution in [0.3, 0.4) is 0 Å². The maximum atomic E-state index is 12.4. The molecule has 0 radical (unpaired) electrons. The van der Waals surface area contributed by atoms with Gasteiger partial charge in [-0.1, -0.05) is 44.7 Å². The first-order valence-corrected chi connectivity index (χ1v) is 12.7. The van der Waals surface area contributed by atoms with Gasteiger partial charge in [0.1, 0.15) is 24.2 Å². The minimum atomic E-state index is -3.69. The Labute approximate surface area is 203 Å². The maximum Gasteiger partial charge on any atom is 0.261 e. The number of aliphatic hydroxyl groups excluding tert-OH is 1. The number of anilines is 1. The molecule has 0 saturated heterocycles. The van der Waals surface area contributed by atoms with Crippen LogP contribution >= 0.6 is 0 Å². The number of benzene rings is 2. The van der Waals surface area contributed by atoms with Crippen molar-refractivity contribution in [2.75, 3.05) is 24.4 Å². The molecule has 1 atom stereocenters. The van der Waals surface area contributed by atoms with Gasteiger partial charge in [-0.15, -0.1) is 0 Å². The van der Waals surface area contributed by atoms with Gasteiger partial charge in [-0.25, -0.2) is 8.42 Å². The standard InChI is InChI=1S/C24H30N2O5S.C2H6/c1-3-5-6-24(4-2)32(29,30)26-20-9-7-19(8-10-20)15-16-25-17-22(28)18-31-23-13-11-21(27)12-14-23;1-2/h3-14,22,25-28H,2,15-18H2,1H3;1-2H3/b5-3-,24-6+;/t22-;/m0./s1. The molecule has 0 unspecified atom stereocenters. The van der Waals surface area contributed by atoms with Crippen LogP contribution in [0.15, 0.2) is 84.3 Å². The minimum absolute atomic E-state index is 0.0943. The van der Waals surface area contributed by atoms with E-state index in [1.165, 1.54) is 24.3 Å². The van der Waals surface area contributed by atoms with Crippen LogP contribution < -0.4 is 14.8 Å². The van der Waals surface area contributed by atoms with Crippen molar-refractivity contribution >= 4 is 15.7 Å². The fourth-order valence-electron chi connectivity index (χ4n) is 2.71. The number of sulfonamides is 1. The van der Waals surface area contributed by atoms with Gasteiger partial charge in [0.25, 0.3) is 10.0 Å². The lowest BCUT2D eigenvalue weighted by molar-refractivity contribution is 0.106. The molecule has 2 aromatic carbocycles. The first-order valence-electron chi connectivity index (χ1n) is 11.2. The maximum absolute atomic E-state index is 12.4. The van der Waals surface area contributed by atoms with Crippen molar-refractivity contribution in [1.82, 2.24) is 5.32 Å². The number of rotatable bonds is 13. The van der Waals surface area contributed by atoms with Crippen LogP contribution in [-0.4, -0.2) is 44.4 Å². The molecule has 0 aromatic heterocycles. The lowest BCUT2D eigenvalue weighted by atomic mass is 10.1. The first-order chi connectivity index (χ1) is 16.3. The van der Waals surface area contributed by atoms with E-state index in [1.54, 1.807) is 43.3 Å². The molecule has 8 heteroatoms. The van der Waals surface area contributed by atoms with E-state index >= 15 is 0 Å². The Morgan fingerprint density at radius 1 is 1.12 bits per heavy atom. The number of phenols is 1. The Kier molecular flexibility index (Phi) is 13.4. The molecule has 4 N–H and O–H groups in total.